The van der Waals surface area contributed by atoms with Crippen LogP contribution in [0, 0.1) is 17.8 Å². The molecule has 0 radical (unpaired) electrons. The first-order chi connectivity index (χ1) is 10.1. The maximum atomic E-state index is 12.8. The van der Waals surface area contributed by atoms with E-state index in [0.717, 1.165) is 5.56 Å². The van der Waals surface area contributed by atoms with Crippen molar-refractivity contribution < 1.29 is 23.9 Å². The van der Waals surface area contributed by atoms with Crippen molar-refractivity contribution in [2.24, 2.45) is 17.8 Å². The first-order valence-corrected chi connectivity index (χ1v) is 7.00. The standard InChI is InChI=1S/C16H16O5/c1-20-15(18)13-12-10(8-21-16(12)19)7-6-9-4-2-3-5-11(9)14(13)17/h2-5,10,12-13H,6-8H2,1H3/t10-,12-,13-/m0/s1. The van der Waals surface area contributed by atoms with Crippen molar-refractivity contribution in [2.75, 3.05) is 13.7 Å². The van der Waals surface area contributed by atoms with Crippen LogP contribution in [0.25, 0.3) is 0 Å². The van der Waals surface area contributed by atoms with Crippen LogP contribution in [0.4, 0.5) is 0 Å². The Bertz CT molecular complexity index is 606. The number of ketones is 1. The Morgan fingerprint density at radius 1 is 1.29 bits per heavy atom. The van der Waals surface area contributed by atoms with Gasteiger partial charge in [-0.05, 0) is 18.4 Å². The maximum Gasteiger partial charge on any atom is 0.317 e. The molecule has 1 saturated heterocycles. The highest BCUT2D eigenvalue weighted by molar-refractivity contribution is 6.11. The molecule has 1 fully saturated rings. The van der Waals surface area contributed by atoms with Gasteiger partial charge in [-0.3, -0.25) is 14.4 Å². The minimum atomic E-state index is -1.10. The Morgan fingerprint density at radius 3 is 2.81 bits per heavy atom. The number of carbonyl (C=O) groups is 3. The number of fused-ring (bicyclic) bond motifs is 2. The summed E-state index contributed by atoms with van der Waals surface area (Å²) in [5, 5.41) is 0. The number of esters is 2. The summed E-state index contributed by atoms with van der Waals surface area (Å²) < 4.78 is 9.84. The molecule has 110 valence electrons. The van der Waals surface area contributed by atoms with Gasteiger partial charge in [-0.25, -0.2) is 0 Å². The summed E-state index contributed by atoms with van der Waals surface area (Å²) in [4.78, 5) is 36.8. The summed E-state index contributed by atoms with van der Waals surface area (Å²) in [5.41, 5.74) is 1.42. The molecule has 5 nitrogen and oxygen atoms in total. The van der Waals surface area contributed by atoms with E-state index in [1.165, 1.54) is 7.11 Å². The number of rotatable bonds is 1. The van der Waals surface area contributed by atoms with Crippen LogP contribution < -0.4 is 0 Å². The quantitative estimate of drug-likeness (QED) is 0.577. The van der Waals surface area contributed by atoms with Crippen molar-refractivity contribution in [1.29, 1.82) is 0 Å². The van der Waals surface area contributed by atoms with Crippen LogP contribution in [-0.4, -0.2) is 31.4 Å². The highest BCUT2D eigenvalue weighted by atomic mass is 16.5. The van der Waals surface area contributed by atoms with Gasteiger partial charge in [-0.1, -0.05) is 24.3 Å². The number of Topliss-reactive ketones (excluding diaryl/α,β-unsaturated/α-hetero) is 1. The Morgan fingerprint density at radius 2 is 2.05 bits per heavy atom. The second-order valence-corrected chi connectivity index (χ2v) is 5.48. The number of aryl methyl sites for hydroxylation is 1. The molecule has 0 aromatic heterocycles. The SMILES string of the molecule is COC(=O)[C@@H]1C(=O)c2ccccc2CC[C@H]2COC(=O)[C@@H]21. The number of cyclic esters (lactones) is 1. The minimum Gasteiger partial charge on any atom is -0.468 e. The van der Waals surface area contributed by atoms with Gasteiger partial charge >= 0.3 is 11.9 Å². The molecule has 1 heterocycles. The lowest BCUT2D eigenvalue weighted by Gasteiger charge is -2.26. The molecule has 3 rings (SSSR count). The Balaban J connectivity index is 2.10. The van der Waals surface area contributed by atoms with Gasteiger partial charge in [0, 0.05) is 11.5 Å². The number of carbonyl (C=O) groups excluding carboxylic acids is 3. The van der Waals surface area contributed by atoms with E-state index in [9.17, 15) is 14.4 Å². The largest absolute Gasteiger partial charge is 0.468 e. The third kappa shape index (κ3) is 2.22. The van der Waals surface area contributed by atoms with Gasteiger partial charge in [0.15, 0.2) is 5.78 Å². The Hall–Kier alpha value is -2.17. The molecular weight excluding hydrogens is 272 g/mol. The molecule has 1 aliphatic carbocycles. The van der Waals surface area contributed by atoms with Crippen LogP contribution >= 0.6 is 0 Å². The first kappa shape index (κ1) is 13.8. The molecule has 5 heteroatoms. The summed E-state index contributed by atoms with van der Waals surface area (Å²) in [7, 11) is 1.23. The predicted molar refractivity (Wildman–Crippen MR) is 72.5 cm³/mol. The summed E-state index contributed by atoms with van der Waals surface area (Å²) in [6.45, 7) is 0.270. The molecule has 1 aromatic rings. The molecule has 0 unspecified atom stereocenters. The van der Waals surface area contributed by atoms with Crippen molar-refractivity contribution in [3.63, 3.8) is 0 Å². The summed E-state index contributed by atoms with van der Waals surface area (Å²) in [5.74, 6) is -3.41. The van der Waals surface area contributed by atoms with E-state index in [2.05, 4.69) is 0 Å². The molecule has 0 saturated carbocycles. The lowest BCUT2D eigenvalue weighted by Crippen LogP contribution is -2.39. The van der Waals surface area contributed by atoms with Gasteiger partial charge in [0.05, 0.1) is 19.6 Å². The predicted octanol–water partition coefficient (Wildman–Crippen LogP) is 1.39. The van der Waals surface area contributed by atoms with E-state index in [-0.39, 0.29) is 18.3 Å². The first-order valence-electron chi connectivity index (χ1n) is 7.00. The summed E-state index contributed by atoms with van der Waals surface area (Å²) in [6.07, 6.45) is 1.42. The molecule has 0 amide bonds. The van der Waals surface area contributed by atoms with E-state index < -0.39 is 23.8 Å². The van der Waals surface area contributed by atoms with Crippen LogP contribution in [0.1, 0.15) is 22.3 Å². The smallest absolute Gasteiger partial charge is 0.317 e. The van der Waals surface area contributed by atoms with E-state index in [4.69, 9.17) is 9.47 Å². The van der Waals surface area contributed by atoms with Crippen molar-refractivity contribution in [3.8, 4) is 0 Å². The van der Waals surface area contributed by atoms with E-state index in [1.54, 1.807) is 12.1 Å². The molecule has 1 aromatic carbocycles. The lowest BCUT2D eigenvalue weighted by molar-refractivity contribution is -0.152. The molecule has 3 atom stereocenters. The Labute approximate surface area is 122 Å². The van der Waals surface area contributed by atoms with Gasteiger partial charge in [-0.2, -0.15) is 0 Å². The number of ether oxygens (including phenoxy) is 2. The fourth-order valence-electron chi connectivity index (χ4n) is 3.28. The molecular formula is C16H16O5. The fourth-order valence-corrected chi connectivity index (χ4v) is 3.28. The summed E-state index contributed by atoms with van der Waals surface area (Å²) >= 11 is 0. The van der Waals surface area contributed by atoms with Crippen LogP contribution in [-0.2, 0) is 25.5 Å². The van der Waals surface area contributed by atoms with Crippen molar-refractivity contribution >= 4 is 17.7 Å². The lowest BCUT2D eigenvalue weighted by atomic mass is 9.74. The van der Waals surface area contributed by atoms with Gasteiger partial charge in [0.1, 0.15) is 5.92 Å². The van der Waals surface area contributed by atoms with Gasteiger partial charge < -0.3 is 9.47 Å². The third-order valence-corrected chi connectivity index (χ3v) is 4.38. The topological polar surface area (TPSA) is 69.7 Å². The molecule has 21 heavy (non-hydrogen) atoms. The van der Waals surface area contributed by atoms with Gasteiger partial charge in [0.25, 0.3) is 0 Å². The van der Waals surface area contributed by atoms with E-state index in [0.29, 0.717) is 18.4 Å². The van der Waals surface area contributed by atoms with Crippen LogP contribution in [0.15, 0.2) is 24.3 Å². The van der Waals surface area contributed by atoms with Gasteiger partial charge in [-0.15, -0.1) is 0 Å². The summed E-state index contributed by atoms with van der Waals surface area (Å²) in [6, 6.07) is 7.22. The zero-order valence-electron chi connectivity index (χ0n) is 11.7. The molecule has 0 spiro atoms. The maximum absolute atomic E-state index is 12.8. The highest BCUT2D eigenvalue weighted by Gasteiger charge is 2.50. The molecule has 0 bridgehead atoms. The second-order valence-electron chi connectivity index (χ2n) is 5.48. The average Bonchev–Trinajstić information content (AvgIpc) is 2.85. The highest BCUT2D eigenvalue weighted by Crippen LogP contribution is 2.37. The number of benzene rings is 1. The molecule has 2 aliphatic rings. The fraction of sp³-hybridized carbons (Fsp3) is 0.438. The monoisotopic (exact) mass is 288 g/mol. The molecule has 0 N–H and O–H groups in total. The van der Waals surface area contributed by atoms with Crippen molar-refractivity contribution in [2.45, 2.75) is 12.8 Å². The minimum absolute atomic E-state index is 0.112. The number of hydrogen-bond acceptors (Lipinski definition) is 5. The van der Waals surface area contributed by atoms with Crippen LogP contribution in [0.5, 0.6) is 0 Å². The zero-order chi connectivity index (χ0) is 15.0. The normalized spacial score (nSPS) is 28.0. The third-order valence-electron chi connectivity index (χ3n) is 4.38. The van der Waals surface area contributed by atoms with E-state index >= 15 is 0 Å². The van der Waals surface area contributed by atoms with Crippen molar-refractivity contribution in [1.82, 2.24) is 0 Å². The average molecular weight is 288 g/mol. The number of hydrogen-bond donors (Lipinski definition) is 0. The van der Waals surface area contributed by atoms with Crippen molar-refractivity contribution in [3.05, 3.63) is 35.4 Å². The Kier molecular flexibility index (Phi) is 3.49. The van der Waals surface area contributed by atoms with Gasteiger partial charge in [0.2, 0.25) is 0 Å². The van der Waals surface area contributed by atoms with Crippen LogP contribution in [0.2, 0.25) is 0 Å². The zero-order valence-corrected chi connectivity index (χ0v) is 11.7. The van der Waals surface area contributed by atoms with Crippen LogP contribution in [0.3, 0.4) is 0 Å². The second kappa shape index (κ2) is 5.31. The van der Waals surface area contributed by atoms with E-state index in [1.807, 2.05) is 12.1 Å². The number of methoxy groups -OCH3 is 1. The molecule has 1 aliphatic heterocycles.